The zero-order chi connectivity index (χ0) is 29.9. The van der Waals surface area contributed by atoms with E-state index in [-0.39, 0.29) is 41.9 Å². The van der Waals surface area contributed by atoms with E-state index in [4.69, 9.17) is 9.47 Å². The maximum atomic E-state index is 13.4. The molecule has 2 rings (SSSR count). The number of nitrogens with zero attached hydrogens (tertiary/aromatic N) is 2. The Bertz CT molecular complexity index is 1310. The predicted molar refractivity (Wildman–Crippen MR) is 149 cm³/mol. The van der Waals surface area contributed by atoms with Gasteiger partial charge >= 0.3 is 5.97 Å². The van der Waals surface area contributed by atoms with Crippen LogP contribution in [0.4, 0.5) is 5.69 Å². The van der Waals surface area contributed by atoms with Gasteiger partial charge in [-0.1, -0.05) is 13.8 Å². The van der Waals surface area contributed by atoms with Crippen molar-refractivity contribution < 1.29 is 37.5 Å². The number of carboxylic acid groups (broad SMARTS) is 1. The summed E-state index contributed by atoms with van der Waals surface area (Å²) in [6.07, 6.45) is 3.69. The molecule has 2 aromatic carbocycles. The smallest absolute Gasteiger partial charge is 0.322 e. The number of benzene rings is 2. The number of carbonyl (C=O) groups excluding carboxylic acids is 1. The van der Waals surface area contributed by atoms with Gasteiger partial charge in [0.25, 0.3) is 5.69 Å². The fourth-order valence-corrected chi connectivity index (χ4v) is 5.66. The average molecular weight is 578 g/mol. The van der Waals surface area contributed by atoms with Crippen molar-refractivity contribution in [1.29, 1.82) is 0 Å². The predicted octanol–water partition coefficient (Wildman–Crippen LogP) is 3.71. The second-order valence-electron chi connectivity index (χ2n) is 9.30. The van der Waals surface area contributed by atoms with Crippen LogP contribution < -0.4 is 14.8 Å². The van der Waals surface area contributed by atoms with Gasteiger partial charge in [0.15, 0.2) is 0 Å². The second-order valence-corrected chi connectivity index (χ2v) is 11.2. The van der Waals surface area contributed by atoms with Crippen LogP contribution in [-0.2, 0) is 19.6 Å². The summed E-state index contributed by atoms with van der Waals surface area (Å²) in [7, 11) is -1.20. The third-order valence-electron chi connectivity index (χ3n) is 5.89. The molecule has 2 aromatic rings. The number of unbranched alkanes of at least 4 members (excludes halogenated alkanes) is 1. The summed E-state index contributed by atoms with van der Waals surface area (Å²) in [5.41, 5.74) is 0.379. The van der Waals surface area contributed by atoms with Gasteiger partial charge in [0.05, 0.1) is 24.0 Å². The number of methoxy groups -OCH3 is 2. The molecule has 2 N–H and O–H groups in total. The van der Waals surface area contributed by atoms with Crippen molar-refractivity contribution in [2.24, 2.45) is 5.92 Å². The lowest BCUT2D eigenvalue weighted by Gasteiger charge is -2.29. The monoisotopic (exact) mass is 577 g/mol. The number of hydrogen-bond acceptors (Lipinski definition) is 8. The molecule has 0 saturated carbocycles. The number of hydrogen-bond donors (Lipinski definition) is 2. The summed E-state index contributed by atoms with van der Waals surface area (Å²) in [6.45, 7) is 3.73. The number of carboxylic acids is 1. The number of amides is 1. The Labute approximate surface area is 233 Å². The Kier molecular flexibility index (Phi) is 12.1. The van der Waals surface area contributed by atoms with Gasteiger partial charge in [0.1, 0.15) is 17.5 Å². The Hall–Kier alpha value is -3.97. The van der Waals surface area contributed by atoms with E-state index in [0.717, 1.165) is 28.6 Å². The van der Waals surface area contributed by atoms with Crippen LogP contribution in [0, 0.1) is 16.0 Å². The van der Waals surface area contributed by atoms with E-state index < -0.39 is 27.0 Å². The number of ether oxygens (including phenoxy) is 2. The zero-order valence-electron chi connectivity index (χ0n) is 22.9. The Morgan fingerprint density at radius 2 is 1.77 bits per heavy atom. The molecule has 12 nitrogen and oxygen atoms in total. The first-order valence-corrected chi connectivity index (χ1v) is 14.0. The van der Waals surface area contributed by atoms with Crippen LogP contribution in [0.15, 0.2) is 53.4 Å². The van der Waals surface area contributed by atoms with Gasteiger partial charge in [-0.3, -0.25) is 19.7 Å². The first kappa shape index (κ1) is 32.2. The number of non-ortho nitro benzene ring substituents is 1. The molecule has 218 valence electrons. The van der Waals surface area contributed by atoms with Crippen LogP contribution in [0.25, 0.3) is 6.08 Å². The quantitative estimate of drug-likeness (QED) is 0.131. The summed E-state index contributed by atoms with van der Waals surface area (Å²) in [5.74, 6) is -0.661. The van der Waals surface area contributed by atoms with Crippen LogP contribution in [0.2, 0.25) is 0 Å². The first-order valence-electron chi connectivity index (χ1n) is 12.6. The lowest BCUT2D eigenvalue weighted by atomic mass is 10.1. The van der Waals surface area contributed by atoms with E-state index in [1.807, 2.05) is 0 Å². The molecule has 1 atom stereocenters. The lowest BCUT2D eigenvalue weighted by molar-refractivity contribution is -0.384. The van der Waals surface area contributed by atoms with Crippen LogP contribution in [0.1, 0.15) is 38.7 Å². The van der Waals surface area contributed by atoms with Gasteiger partial charge in [0, 0.05) is 36.9 Å². The molecule has 0 saturated heterocycles. The van der Waals surface area contributed by atoms with Gasteiger partial charge in [-0.25, -0.2) is 8.42 Å². The van der Waals surface area contributed by atoms with Gasteiger partial charge in [0.2, 0.25) is 15.9 Å². The summed E-state index contributed by atoms with van der Waals surface area (Å²) < 4.78 is 38.1. The molecular weight excluding hydrogens is 542 g/mol. The fourth-order valence-electron chi connectivity index (χ4n) is 3.89. The average Bonchev–Trinajstić information content (AvgIpc) is 2.92. The van der Waals surface area contributed by atoms with Gasteiger partial charge in [-0.15, -0.1) is 0 Å². The van der Waals surface area contributed by atoms with Gasteiger partial charge in [-0.05, 0) is 61.6 Å². The second kappa shape index (κ2) is 15.0. The molecule has 0 spiro atoms. The van der Waals surface area contributed by atoms with E-state index >= 15 is 0 Å². The van der Waals surface area contributed by atoms with E-state index in [0.29, 0.717) is 29.9 Å². The molecule has 40 heavy (non-hydrogen) atoms. The van der Waals surface area contributed by atoms with Crippen LogP contribution in [-0.4, -0.2) is 68.0 Å². The molecule has 0 aromatic heterocycles. The molecule has 13 heteroatoms. The standard InChI is InChI=1S/C27H35N3O9S/c1-19(2)18-29(40(36,37)23-12-9-21(10-13-23)30(34)35)24(27(32)33)7-5-6-16-28-26(31)15-8-20-17-22(38-3)11-14-25(20)39-4/h8-15,17,19,24H,5-7,16,18H2,1-4H3,(H,28,31)(H,32,33)/t24-/m0/s1. The number of sulfonamides is 1. The van der Waals surface area contributed by atoms with Crippen molar-refractivity contribution in [2.45, 2.75) is 44.0 Å². The van der Waals surface area contributed by atoms with Gasteiger partial charge < -0.3 is 19.9 Å². The molecule has 0 aliphatic carbocycles. The highest BCUT2D eigenvalue weighted by molar-refractivity contribution is 7.89. The molecule has 0 fully saturated rings. The van der Waals surface area contributed by atoms with Crippen molar-refractivity contribution in [3.8, 4) is 11.5 Å². The molecule has 0 radical (unpaired) electrons. The summed E-state index contributed by atoms with van der Waals surface area (Å²) >= 11 is 0. The molecule has 0 unspecified atom stereocenters. The highest BCUT2D eigenvalue weighted by Crippen LogP contribution is 2.26. The highest BCUT2D eigenvalue weighted by Gasteiger charge is 2.36. The van der Waals surface area contributed by atoms with Crippen LogP contribution >= 0.6 is 0 Å². The highest BCUT2D eigenvalue weighted by atomic mass is 32.2. The molecular formula is C27H35N3O9S. The van der Waals surface area contributed by atoms with Crippen molar-refractivity contribution in [2.75, 3.05) is 27.3 Å². The third kappa shape index (κ3) is 9.06. The van der Waals surface area contributed by atoms with Crippen molar-refractivity contribution in [3.05, 3.63) is 64.2 Å². The molecule has 1 amide bonds. The first-order chi connectivity index (χ1) is 18.9. The minimum Gasteiger partial charge on any atom is -0.497 e. The maximum absolute atomic E-state index is 13.4. The third-order valence-corrected chi connectivity index (χ3v) is 7.78. The summed E-state index contributed by atoms with van der Waals surface area (Å²) in [6, 6.07) is 8.17. The van der Waals surface area contributed by atoms with Crippen molar-refractivity contribution >= 4 is 33.7 Å². The topological polar surface area (TPSA) is 165 Å². The van der Waals surface area contributed by atoms with Crippen molar-refractivity contribution in [3.63, 3.8) is 0 Å². The number of nitro benzene ring substituents is 1. The normalized spacial score (nSPS) is 12.4. The van der Waals surface area contributed by atoms with E-state index in [9.17, 15) is 33.2 Å². The lowest BCUT2D eigenvalue weighted by Crippen LogP contribution is -2.46. The largest absolute Gasteiger partial charge is 0.497 e. The Morgan fingerprint density at radius 1 is 1.10 bits per heavy atom. The minimum absolute atomic E-state index is 0.0149. The van der Waals surface area contributed by atoms with Crippen LogP contribution in [0.3, 0.4) is 0 Å². The number of carbonyl (C=O) groups is 2. The number of rotatable bonds is 16. The Morgan fingerprint density at radius 3 is 2.33 bits per heavy atom. The molecule has 0 bridgehead atoms. The molecule has 0 heterocycles. The maximum Gasteiger partial charge on any atom is 0.322 e. The number of nitro groups is 1. The fraction of sp³-hybridized carbons (Fsp3) is 0.407. The summed E-state index contributed by atoms with van der Waals surface area (Å²) in [4.78, 5) is 34.5. The number of nitrogens with one attached hydrogen (secondary N) is 1. The van der Waals surface area contributed by atoms with Crippen LogP contribution in [0.5, 0.6) is 11.5 Å². The van der Waals surface area contributed by atoms with Gasteiger partial charge in [-0.2, -0.15) is 4.31 Å². The van der Waals surface area contributed by atoms with E-state index in [1.54, 1.807) is 38.1 Å². The molecule has 0 aliphatic heterocycles. The number of aliphatic carboxylic acids is 1. The van der Waals surface area contributed by atoms with Crippen molar-refractivity contribution in [1.82, 2.24) is 9.62 Å². The SMILES string of the molecule is COc1ccc(OC)c(C=CC(=O)NCCCC[C@@H](C(=O)O)N(CC(C)C)S(=O)(=O)c2ccc([N+](=O)[O-])cc2)c1. The molecule has 0 aliphatic rings. The Balaban J connectivity index is 2.03. The minimum atomic E-state index is -4.25. The van der Waals surface area contributed by atoms with E-state index in [2.05, 4.69) is 5.32 Å². The summed E-state index contributed by atoms with van der Waals surface area (Å²) in [5, 5.41) is 23.5. The zero-order valence-corrected chi connectivity index (χ0v) is 23.7. The van der Waals surface area contributed by atoms with E-state index in [1.165, 1.54) is 20.3 Å².